The molecule has 3 rings (SSSR count). The summed E-state index contributed by atoms with van der Waals surface area (Å²) < 4.78 is 38.8. The molecule has 2 heterocycles. The maximum Gasteiger partial charge on any atom is 0.410 e. The standard InChI is InChI=1S/C22H26N4O5S/c1-22(2,3)31-21(27)25(4)15-16-14-19(32(28,29)17-10-7-6-8-11-17)26(24-16)18-12-9-13-23-20(18)30-5/h6-14H,15H2,1-5H3. The second kappa shape index (κ2) is 8.99. The number of amides is 1. The molecule has 0 aliphatic rings. The Bertz CT molecular complexity index is 1200. The monoisotopic (exact) mass is 458 g/mol. The molecular weight excluding hydrogens is 432 g/mol. The molecule has 0 N–H and O–H groups in total. The highest BCUT2D eigenvalue weighted by Gasteiger charge is 2.28. The summed E-state index contributed by atoms with van der Waals surface area (Å²) in [7, 11) is -0.923. The number of methoxy groups -OCH3 is 1. The topological polar surface area (TPSA) is 104 Å². The lowest BCUT2D eigenvalue weighted by atomic mass is 10.2. The summed E-state index contributed by atoms with van der Waals surface area (Å²) in [6.07, 6.45) is 0.993. The van der Waals surface area contributed by atoms with Crippen LogP contribution < -0.4 is 4.74 Å². The average molecular weight is 459 g/mol. The molecule has 0 aliphatic heterocycles. The molecule has 0 atom stereocenters. The summed E-state index contributed by atoms with van der Waals surface area (Å²) in [4.78, 5) is 18.0. The minimum absolute atomic E-state index is 0.0435. The van der Waals surface area contributed by atoms with Crippen molar-refractivity contribution in [1.29, 1.82) is 0 Å². The molecule has 1 aromatic carbocycles. The Morgan fingerprint density at radius 2 is 1.81 bits per heavy atom. The first-order chi connectivity index (χ1) is 15.0. The van der Waals surface area contributed by atoms with Gasteiger partial charge >= 0.3 is 6.09 Å². The van der Waals surface area contributed by atoms with Gasteiger partial charge in [-0.1, -0.05) is 18.2 Å². The zero-order valence-electron chi connectivity index (χ0n) is 18.6. The third-order valence-electron chi connectivity index (χ3n) is 4.33. The number of rotatable bonds is 6. The van der Waals surface area contributed by atoms with Gasteiger partial charge in [0.1, 0.15) is 11.3 Å². The number of carbonyl (C=O) groups excluding carboxylic acids is 1. The van der Waals surface area contributed by atoms with Crippen molar-refractivity contribution in [3.63, 3.8) is 0 Å². The molecule has 170 valence electrons. The molecule has 1 amide bonds. The molecule has 2 aromatic heterocycles. The molecule has 0 saturated heterocycles. The minimum Gasteiger partial charge on any atom is -0.479 e. The largest absolute Gasteiger partial charge is 0.479 e. The smallest absolute Gasteiger partial charge is 0.410 e. The SMILES string of the molecule is COc1ncccc1-n1nc(CN(C)C(=O)OC(C)(C)C)cc1S(=O)(=O)c1ccccc1. The van der Waals surface area contributed by atoms with Crippen LogP contribution in [-0.4, -0.2) is 53.9 Å². The molecule has 32 heavy (non-hydrogen) atoms. The van der Waals surface area contributed by atoms with Crippen molar-refractivity contribution < 1.29 is 22.7 Å². The Hall–Kier alpha value is -3.40. The summed E-state index contributed by atoms with van der Waals surface area (Å²) in [5.74, 6) is 0.215. The maximum atomic E-state index is 13.4. The number of ether oxygens (including phenoxy) is 2. The first-order valence-electron chi connectivity index (χ1n) is 9.85. The Kier molecular flexibility index (Phi) is 6.54. The predicted octanol–water partition coefficient (Wildman–Crippen LogP) is 3.48. The molecule has 0 aliphatic carbocycles. The third-order valence-corrected chi connectivity index (χ3v) is 6.07. The van der Waals surface area contributed by atoms with Crippen LogP contribution in [0.2, 0.25) is 0 Å². The van der Waals surface area contributed by atoms with Crippen LogP contribution in [0.5, 0.6) is 5.88 Å². The van der Waals surface area contributed by atoms with E-state index >= 15 is 0 Å². The molecule has 10 heteroatoms. The zero-order valence-corrected chi connectivity index (χ0v) is 19.5. The quantitative estimate of drug-likeness (QED) is 0.557. The molecule has 0 fully saturated rings. The van der Waals surface area contributed by atoms with E-state index in [1.165, 1.54) is 41.1 Å². The van der Waals surface area contributed by atoms with Crippen molar-refractivity contribution >= 4 is 15.9 Å². The van der Waals surface area contributed by atoms with E-state index in [4.69, 9.17) is 9.47 Å². The lowest BCUT2D eigenvalue weighted by Gasteiger charge is -2.24. The Morgan fingerprint density at radius 1 is 1.12 bits per heavy atom. The van der Waals surface area contributed by atoms with Crippen molar-refractivity contribution in [2.24, 2.45) is 0 Å². The Morgan fingerprint density at radius 3 is 2.44 bits per heavy atom. The van der Waals surface area contributed by atoms with E-state index in [0.29, 0.717) is 11.4 Å². The fourth-order valence-electron chi connectivity index (χ4n) is 2.92. The molecule has 0 spiro atoms. The van der Waals surface area contributed by atoms with Crippen LogP contribution in [0, 0.1) is 0 Å². The average Bonchev–Trinajstić information content (AvgIpc) is 3.17. The Balaban J connectivity index is 2.08. The minimum atomic E-state index is -3.92. The summed E-state index contributed by atoms with van der Waals surface area (Å²) in [5.41, 5.74) is 0.0599. The third kappa shape index (κ3) is 5.08. The van der Waals surface area contributed by atoms with Crippen LogP contribution in [0.3, 0.4) is 0 Å². The van der Waals surface area contributed by atoms with Gasteiger partial charge in [-0.3, -0.25) is 0 Å². The second-order valence-corrected chi connectivity index (χ2v) is 9.97. The number of hydrogen-bond acceptors (Lipinski definition) is 7. The second-order valence-electron chi connectivity index (χ2n) is 8.07. The van der Waals surface area contributed by atoms with E-state index in [9.17, 15) is 13.2 Å². The number of hydrogen-bond donors (Lipinski definition) is 0. The van der Waals surface area contributed by atoms with E-state index in [0.717, 1.165) is 0 Å². The lowest BCUT2D eigenvalue weighted by molar-refractivity contribution is 0.0283. The van der Waals surface area contributed by atoms with Gasteiger partial charge in [-0.15, -0.1) is 0 Å². The summed E-state index contributed by atoms with van der Waals surface area (Å²) in [6, 6.07) is 12.8. The van der Waals surface area contributed by atoms with Crippen molar-refractivity contribution in [2.45, 2.75) is 42.8 Å². The summed E-state index contributed by atoms with van der Waals surface area (Å²) in [6.45, 7) is 5.36. The van der Waals surface area contributed by atoms with Crippen LogP contribution in [0.4, 0.5) is 4.79 Å². The Labute approximate surface area is 187 Å². The molecule has 0 saturated carbocycles. The van der Waals surface area contributed by atoms with Gasteiger partial charge in [0.15, 0.2) is 5.03 Å². The first-order valence-corrected chi connectivity index (χ1v) is 11.3. The van der Waals surface area contributed by atoms with Crippen molar-refractivity contribution in [2.75, 3.05) is 14.2 Å². The number of carbonyl (C=O) groups is 1. The molecule has 9 nitrogen and oxygen atoms in total. The van der Waals surface area contributed by atoms with E-state index in [-0.39, 0.29) is 22.3 Å². The van der Waals surface area contributed by atoms with Gasteiger partial charge in [-0.25, -0.2) is 22.9 Å². The number of nitrogens with zero attached hydrogens (tertiary/aromatic N) is 4. The van der Waals surface area contributed by atoms with Gasteiger partial charge in [0.25, 0.3) is 0 Å². The van der Waals surface area contributed by atoms with Gasteiger partial charge in [0.05, 0.1) is 24.2 Å². The van der Waals surface area contributed by atoms with Crippen LogP contribution in [0.15, 0.2) is 64.6 Å². The fourth-order valence-corrected chi connectivity index (χ4v) is 4.34. The lowest BCUT2D eigenvalue weighted by Crippen LogP contribution is -2.33. The number of benzene rings is 1. The summed E-state index contributed by atoms with van der Waals surface area (Å²) >= 11 is 0. The van der Waals surface area contributed by atoms with E-state index in [1.807, 2.05) is 0 Å². The van der Waals surface area contributed by atoms with Gasteiger partial charge in [-0.05, 0) is 45.0 Å². The predicted molar refractivity (Wildman–Crippen MR) is 118 cm³/mol. The zero-order chi connectivity index (χ0) is 23.5. The van der Waals surface area contributed by atoms with Gasteiger partial charge in [-0.2, -0.15) is 5.10 Å². The number of sulfone groups is 1. The van der Waals surface area contributed by atoms with Gasteiger partial charge in [0, 0.05) is 19.3 Å². The highest BCUT2D eigenvalue weighted by atomic mass is 32.2. The number of aromatic nitrogens is 3. The molecule has 3 aromatic rings. The van der Waals surface area contributed by atoms with Gasteiger partial charge < -0.3 is 14.4 Å². The number of pyridine rings is 1. The highest BCUT2D eigenvalue weighted by molar-refractivity contribution is 7.91. The molecule has 0 bridgehead atoms. The van der Waals surface area contributed by atoms with E-state index < -0.39 is 21.5 Å². The molecule has 0 radical (unpaired) electrons. The van der Waals surface area contributed by atoms with E-state index in [1.54, 1.807) is 58.2 Å². The fraction of sp³-hybridized carbons (Fsp3) is 0.318. The van der Waals surface area contributed by atoms with Gasteiger partial charge in [0.2, 0.25) is 15.7 Å². The molecular formula is C22H26N4O5S. The van der Waals surface area contributed by atoms with Crippen LogP contribution in [0.1, 0.15) is 26.5 Å². The summed E-state index contributed by atoms with van der Waals surface area (Å²) in [5, 5.41) is 4.40. The normalized spacial score (nSPS) is 11.8. The van der Waals surface area contributed by atoms with E-state index in [2.05, 4.69) is 10.1 Å². The highest BCUT2D eigenvalue weighted by Crippen LogP contribution is 2.28. The van der Waals surface area contributed by atoms with Crippen molar-refractivity contribution in [1.82, 2.24) is 19.7 Å². The van der Waals surface area contributed by atoms with Crippen LogP contribution in [-0.2, 0) is 21.1 Å². The van der Waals surface area contributed by atoms with Crippen LogP contribution >= 0.6 is 0 Å². The van der Waals surface area contributed by atoms with Crippen molar-refractivity contribution in [3.8, 4) is 11.6 Å². The van der Waals surface area contributed by atoms with Crippen LogP contribution in [0.25, 0.3) is 5.69 Å². The molecule has 0 unspecified atom stereocenters. The maximum absolute atomic E-state index is 13.4. The first kappa shape index (κ1) is 23.3. The van der Waals surface area contributed by atoms with Crippen molar-refractivity contribution in [3.05, 3.63) is 60.4 Å².